The van der Waals surface area contributed by atoms with Crippen LogP contribution in [0, 0.1) is 0 Å². The number of guanidine groups is 1. The van der Waals surface area contributed by atoms with E-state index < -0.39 is 0 Å². The molecule has 0 radical (unpaired) electrons. The Labute approximate surface area is 163 Å². The third-order valence-corrected chi connectivity index (χ3v) is 4.18. The Bertz CT molecular complexity index is 555. The molecule has 130 valence electrons. The van der Waals surface area contributed by atoms with Gasteiger partial charge in [0, 0.05) is 25.6 Å². The normalized spacial score (nSPS) is 11.2. The van der Waals surface area contributed by atoms with Gasteiger partial charge in [-0.2, -0.15) is 0 Å². The van der Waals surface area contributed by atoms with E-state index >= 15 is 0 Å². The molecule has 2 aromatic rings. The topological polar surface area (TPSA) is 41.6 Å². The largest absolute Gasteiger partial charge is 0.370 e. The summed E-state index contributed by atoms with van der Waals surface area (Å²) in [6.07, 6.45) is 0.954. The summed E-state index contributed by atoms with van der Waals surface area (Å²) in [7, 11) is 0. The average molecular weight is 437 g/mol. The van der Waals surface area contributed by atoms with Gasteiger partial charge in [0.15, 0.2) is 5.96 Å². The predicted octanol–water partition coefficient (Wildman–Crippen LogP) is 4.48. The highest BCUT2D eigenvalue weighted by atomic mass is 127. The maximum atomic E-state index is 6.08. The molecule has 0 atom stereocenters. The number of rotatable bonds is 7. The Kier molecular flexibility index (Phi) is 9.45. The summed E-state index contributed by atoms with van der Waals surface area (Å²) in [5, 5.41) is 0. The van der Waals surface area contributed by atoms with E-state index in [4.69, 9.17) is 5.73 Å². The van der Waals surface area contributed by atoms with Crippen molar-refractivity contribution in [1.82, 2.24) is 4.90 Å². The molecule has 0 spiro atoms. The zero-order valence-corrected chi connectivity index (χ0v) is 16.9. The summed E-state index contributed by atoms with van der Waals surface area (Å²) in [6, 6.07) is 21.3. The first-order valence-electron chi connectivity index (χ1n) is 8.41. The second-order valence-electron chi connectivity index (χ2n) is 5.57. The Balaban J connectivity index is 0.00000288. The van der Waals surface area contributed by atoms with E-state index in [0.29, 0.717) is 11.9 Å². The van der Waals surface area contributed by atoms with Crippen LogP contribution in [0.4, 0.5) is 0 Å². The van der Waals surface area contributed by atoms with E-state index in [1.54, 1.807) is 0 Å². The Morgan fingerprint density at radius 3 is 1.79 bits per heavy atom. The van der Waals surface area contributed by atoms with Crippen LogP contribution < -0.4 is 5.73 Å². The summed E-state index contributed by atoms with van der Waals surface area (Å²) in [4.78, 5) is 6.66. The fraction of sp³-hybridized carbons (Fsp3) is 0.350. The van der Waals surface area contributed by atoms with E-state index in [1.165, 1.54) is 11.1 Å². The van der Waals surface area contributed by atoms with Crippen molar-refractivity contribution in [3.8, 4) is 0 Å². The molecule has 0 amide bonds. The van der Waals surface area contributed by atoms with Gasteiger partial charge < -0.3 is 10.6 Å². The molecule has 0 bridgehead atoms. The molecular weight excluding hydrogens is 409 g/mol. The van der Waals surface area contributed by atoms with E-state index in [-0.39, 0.29) is 24.0 Å². The lowest BCUT2D eigenvalue weighted by Gasteiger charge is -2.20. The van der Waals surface area contributed by atoms with E-state index in [1.807, 2.05) is 0 Å². The zero-order chi connectivity index (χ0) is 16.5. The number of hydrogen-bond acceptors (Lipinski definition) is 1. The van der Waals surface area contributed by atoms with Crippen molar-refractivity contribution in [2.45, 2.75) is 26.2 Å². The summed E-state index contributed by atoms with van der Waals surface area (Å²) < 4.78 is 0. The maximum Gasteiger partial charge on any atom is 0.191 e. The lowest BCUT2D eigenvalue weighted by Crippen LogP contribution is -2.37. The molecule has 2 N–H and O–H groups in total. The standard InChI is InChI=1S/C20H27N3.HI/c1-3-23(4-2)20(21)22-16-15-19(17-11-7-5-8-12-17)18-13-9-6-10-14-18;/h5-14,19H,3-4,15-16H2,1-2H3,(H2,21,22);1H. The van der Waals surface area contributed by atoms with Crippen LogP contribution in [-0.2, 0) is 0 Å². The molecule has 2 rings (SSSR count). The monoisotopic (exact) mass is 437 g/mol. The molecule has 3 nitrogen and oxygen atoms in total. The van der Waals surface area contributed by atoms with Crippen LogP contribution in [0.25, 0.3) is 0 Å². The van der Waals surface area contributed by atoms with Gasteiger partial charge in [-0.3, -0.25) is 4.99 Å². The summed E-state index contributed by atoms with van der Waals surface area (Å²) in [6.45, 7) is 6.72. The van der Waals surface area contributed by atoms with Gasteiger partial charge in [-0.05, 0) is 31.4 Å². The minimum atomic E-state index is 0. The van der Waals surface area contributed by atoms with Crippen LogP contribution in [0.15, 0.2) is 65.7 Å². The van der Waals surface area contributed by atoms with Crippen molar-refractivity contribution in [2.75, 3.05) is 19.6 Å². The van der Waals surface area contributed by atoms with Crippen molar-refractivity contribution in [1.29, 1.82) is 0 Å². The van der Waals surface area contributed by atoms with Crippen LogP contribution in [0.1, 0.15) is 37.3 Å². The second-order valence-corrected chi connectivity index (χ2v) is 5.57. The Morgan fingerprint density at radius 2 is 1.38 bits per heavy atom. The van der Waals surface area contributed by atoms with Crippen molar-refractivity contribution in [2.24, 2.45) is 10.7 Å². The average Bonchev–Trinajstić information content (AvgIpc) is 2.61. The Hall–Kier alpha value is -1.56. The molecule has 0 heterocycles. The smallest absolute Gasteiger partial charge is 0.191 e. The molecule has 24 heavy (non-hydrogen) atoms. The third kappa shape index (κ3) is 5.82. The van der Waals surface area contributed by atoms with Crippen molar-refractivity contribution >= 4 is 29.9 Å². The SMILES string of the molecule is CCN(CC)C(N)=NCCC(c1ccccc1)c1ccccc1.I. The molecule has 0 saturated heterocycles. The number of hydrogen-bond donors (Lipinski definition) is 1. The van der Waals surface area contributed by atoms with Crippen LogP contribution >= 0.6 is 24.0 Å². The maximum absolute atomic E-state index is 6.08. The number of nitrogens with zero attached hydrogens (tertiary/aromatic N) is 2. The molecule has 0 saturated carbocycles. The van der Waals surface area contributed by atoms with E-state index in [0.717, 1.165) is 26.1 Å². The third-order valence-electron chi connectivity index (χ3n) is 4.18. The van der Waals surface area contributed by atoms with Crippen molar-refractivity contribution < 1.29 is 0 Å². The highest BCUT2D eigenvalue weighted by Crippen LogP contribution is 2.27. The lowest BCUT2D eigenvalue weighted by atomic mass is 9.89. The van der Waals surface area contributed by atoms with Crippen LogP contribution in [0.2, 0.25) is 0 Å². The molecule has 2 aromatic carbocycles. The van der Waals surface area contributed by atoms with Gasteiger partial charge in [0.1, 0.15) is 0 Å². The van der Waals surface area contributed by atoms with E-state index in [2.05, 4.69) is 84.4 Å². The lowest BCUT2D eigenvalue weighted by molar-refractivity contribution is 0.457. The quantitative estimate of drug-likeness (QED) is 0.394. The second kappa shape index (κ2) is 11.1. The molecular formula is C20H28IN3. The first-order chi connectivity index (χ1) is 11.3. The van der Waals surface area contributed by atoms with Crippen LogP contribution in [0.3, 0.4) is 0 Å². The van der Waals surface area contributed by atoms with Gasteiger partial charge in [-0.15, -0.1) is 24.0 Å². The highest BCUT2D eigenvalue weighted by Gasteiger charge is 2.13. The summed E-state index contributed by atoms with van der Waals surface area (Å²) in [5.74, 6) is 1.00. The van der Waals surface area contributed by atoms with Crippen LogP contribution in [-0.4, -0.2) is 30.5 Å². The summed E-state index contributed by atoms with van der Waals surface area (Å²) in [5.41, 5.74) is 8.74. The van der Waals surface area contributed by atoms with Gasteiger partial charge in [0.25, 0.3) is 0 Å². The minimum absolute atomic E-state index is 0. The molecule has 0 aromatic heterocycles. The van der Waals surface area contributed by atoms with Gasteiger partial charge in [0.2, 0.25) is 0 Å². The molecule has 4 heteroatoms. The van der Waals surface area contributed by atoms with Gasteiger partial charge in [-0.1, -0.05) is 60.7 Å². The predicted molar refractivity (Wildman–Crippen MR) is 114 cm³/mol. The van der Waals surface area contributed by atoms with Crippen LogP contribution in [0.5, 0.6) is 0 Å². The number of nitrogens with two attached hydrogens (primary N) is 1. The van der Waals surface area contributed by atoms with Gasteiger partial charge in [-0.25, -0.2) is 0 Å². The number of halogens is 1. The van der Waals surface area contributed by atoms with Crippen molar-refractivity contribution in [3.63, 3.8) is 0 Å². The van der Waals surface area contributed by atoms with Gasteiger partial charge in [0.05, 0.1) is 0 Å². The first-order valence-corrected chi connectivity index (χ1v) is 8.41. The fourth-order valence-corrected chi connectivity index (χ4v) is 2.85. The molecule has 0 aliphatic heterocycles. The number of aliphatic imine (C=N–C) groups is 1. The fourth-order valence-electron chi connectivity index (χ4n) is 2.85. The van der Waals surface area contributed by atoms with Crippen molar-refractivity contribution in [3.05, 3.63) is 71.8 Å². The molecule has 0 fully saturated rings. The highest BCUT2D eigenvalue weighted by molar-refractivity contribution is 14.0. The number of benzene rings is 2. The minimum Gasteiger partial charge on any atom is -0.370 e. The molecule has 0 aliphatic rings. The van der Waals surface area contributed by atoms with E-state index in [9.17, 15) is 0 Å². The van der Waals surface area contributed by atoms with Gasteiger partial charge >= 0.3 is 0 Å². The molecule has 0 unspecified atom stereocenters. The zero-order valence-electron chi connectivity index (χ0n) is 14.6. The summed E-state index contributed by atoms with van der Waals surface area (Å²) >= 11 is 0. The molecule has 0 aliphatic carbocycles. The first kappa shape index (κ1) is 20.5. The Morgan fingerprint density at radius 1 is 0.917 bits per heavy atom.